The standard InChI is InChI=1S/C14H24N2O2S/c1-5-8-15-14(12(3)19(4,17)18)10-13-11(2)7-6-9-16-13/h6-7,9,12,14-15H,5,8,10H2,1-4H3. The molecule has 4 nitrogen and oxygen atoms in total. The van der Waals surface area contributed by atoms with Crippen LogP contribution in [0.1, 0.15) is 31.5 Å². The van der Waals surface area contributed by atoms with E-state index < -0.39 is 15.1 Å². The molecule has 0 aromatic carbocycles. The second-order valence-electron chi connectivity index (χ2n) is 5.07. The molecule has 1 aromatic rings. The molecule has 1 N–H and O–H groups in total. The van der Waals surface area contributed by atoms with Crippen LogP contribution in [-0.4, -0.2) is 37.5 Å². The van der Waals surface area contributed by atoms with Crippen molar-refractivity contribution < 1.29 is 8.42 Å². The van der Waals surface area contributed by atoms with Crippen molar-refractivity contribution in [3.05, 3.63) is 29.6 Å². The molecule has 1 rings (SSSR count). The number of hydrogen-bond acceptors (Lipinski definition) is 4. The van der Waals surface area contributed by atoms with Crippen molar-refractivity contribution in [2.75, 3.05) is 12.8 Å². The largest absolute Gasteiger partial charge is 0.312 e. The molecule has 19 heavy (non-hydrogen) atoms. The van der Waals surface area contributed by atoms with Gasteiger partial charge in [0, 0.05) is 30.6 Å². The molecule has 0 aliphatic heterocycles. The molecule has 0 aliphatic rings. The van der Waals surface area contributed by atoms with E-state index in [4.69, 9.17) is 0 Å². The number of nitrogens with zero attached hydrogens (tertiary/aromatic N) is 1. The quantitative estimate of drug-likeness (QED) is 0.828. The number of sulfone groups is 1. The summed E-state index contributed by atoms with van der Waals surface area (Å²) < 4.78 is 23.5. The minimum Gasteiger partial charge on any atom is -0.312 e. The van der Waals surface area contributed by atoms with Gasteiger partial charge >= 0.3 is 0 Å². The minimum atomic E-state index is -3.06. The van der Waals surface area contributed by atoms with Crippen molar-refractivity contribution in [3.63, 3.8) is 0 Å². The molecule has 1 aromatic heterocycles. The average molecular weight is 284 g/mol. The predicted molar refractivity (Wildman–Crippen MR) is 79.1 cm³/mol. The van der Waals surface area contributed by atoms with Gasteiger partial charge < -0.3 is 5.32 Å². The SMILES string of the molecule is CCCNC(Cc1ncccc1C)C(C)S(C)(=O)=O. The Balaban J connectivity index is 2.89. The summed E-state index contributed by atoms with van der Waals surface area (Å²) in [5, 5.41) is 2.92. The second-order valence-corrected chi connectivity index (χ2v) is 7.47. The van der Waals surface area contributed by atoms with Crippen molar-refractivity contribution in [2.24, 2.45) is 0 Å². The summed E-state index contributed by atoms with van der Waals surface area (Å²) >= 11 is 0. The van der Waals surface area contributed by atoms with Crippen molar-refractivity contribution >= 4 is 9.84 Å². The third kappa shape index (κ3) is 4.91. The Bertz CT molecular complexity index is 500. The molecule has 0 amide bonds. The first-order chi connectivity index (χ1) is 8.86. The van der Waals surface area contributed by atoms with E-state index in [1.54, 1.807) is 13.1 Å². The van der Waals surface area contributed by atoms with Crippen LogP contribution in [0.25, 0.3) is 0 Å². The van der Waals surface area contributed by atoms with Gasteiger partial charge in [0.15, 0.2) is 9.84 Å². The molecule has 0 saturated heterocycles. The first kappa shape index (κ1) is 16.1. The molecular weight excluding hydrogens is 260 g/mol. The molecule has 0 bridgehead atoms. The highest BCUT2D eigenvalue weighted by atomic mass is 32.2. The van der Waals surface area contributed by atoms with Crippen LogP contribution in [-0.2, 0) is 16.3 Å². The van der Waals surface area contributed by atoms with Crippen molar-refractivity contribution in [1.29, 1.82) is 0 Å². The summed E-state index contributed by atoms with van der Waals surface area (Å²) in [5.41, 5.74) is 2.07. The maximum absolute atomic E-state index is 11.8. The first-order valence-corrected chi connectivity index (χ1v) is 8.64. The highest BCUT2D eigenvalue weighted by Gasteiger charge is 2.26. The van der Waals surface area contributed by atoms with Crippen LogP contribution < -0.4 is 5.32 Å². The lowest BCUT2D eigenvalue weighted by Crippen LogP contribution is -2.44. The Morgan fingerprint density at radius 1 is 1.42 bits per heavy atom. The van der Waals surface area contributed by atoms with E-state index in [1.807, 2.05) is 19.1 Å². The molecule has 0 aliphatic carbocycles. The van der Waals surface area contributed by atoms with E-state index in [-0.39, 0.29) is 6.04 Å². The molecular formula is C14H24N2O2S. The average Bonchev–Trinajstić information content (AvgIpc) is 2.34. The van der Waals surface area contributed by atoms with Gasteiger partial charge in [-0.3, -0.25) is 4.98 Å². The fourth-order valence-electron chi connectivity index (χ4n) is 1.97. The van der Waals surface area contributed by atoms with E-state index in [1.165, 1.54) is 6.26 Å². The zero-order chi connectivity index (χ0) is 14.5. The second kappa shape index (κ2) is 7.01. The van der Waals surface area contributed by atoms with Gasteiger partial charge in [-0.2, -0.15) is 0 Å². The van der Waals surface area contributed by atoms with E-state index >= 15 is 0 Å². The van der Waals surface area contributed by atoms with Crippen molar-refractivity contribution in [1.82, 2.24) is 10.3 Å². The lowest BCUT2D eigenvalue weighted by atomic mass is 10.0. The summed E-state index contributed by atoms with van der Waals surface area (Å²) in [6.45, 7) is 6.66. The molecule has 2 unspecified atom stereocenters. The van der Waals surface area contributed by atoms with E-state index in [0.29, 0.717) is 6.42 Å². The Morgan fingerprint density at radius 3 is 2.63 bits per heavy atom. The summed E-state index contributed by atoms with van der Waals surface area (Å²) in [6.07, 6.45) is 4.67. The molecule has 0 saturated carbocycles. The maximum Gasteiger partial charge on any atom is 0.151 e. The number of aryl methyl sites for hydroxylation is 1. The van der Waals surface area contributed by atoms with Crippen LogP contribution in [0, 0.1) is 6.92 Å². The van der Waals surface area contributed by atoms with E-state index in [9.17, 15) is 8.42 Å². The van der Waals surface area contributed by atoms with Crippen LogP contribution in [0.5, 0.6) is 0 Å². The highest BCUT2D eigenvalue weighted by Crippen LogP contribution is 2.13. The fourth-order valence-corrected chi connectivity index (χ4v) is 2.76. The Kier molecular flexibility index (Phi) is 5.94. The number of rotatable bonds is 7. The normalized spacial score (nSPS) is 15.2. The smallest absolute Gasteiger partial charge is 0.151 e. The summed E-state index contributed by atoms with van der Waals surface area (Å²) in [7, 11) is -3.06. The van der Waals surface area contributed by atoms with Gasteiger partial charge in [-0.25, -0.2) is 8.42 Å². The van der Waals surface area contributed by atoms with E-state index in [0.717, 1.165) is 24.2 Å². The monoisotopic (exact) mass is 284 g/mol. The zero-order valence-corrected chi connectivity index (χ0v) is 13.0. The highest BCUT2D eigenvalue weighted by molar-refractivity contribution is 7.91. The van der Waals surface area contributed by atoms with Crippen LogP contribution in [0.15, 0.2) is 18.3 Å². The van der Waals surface area contributed by atoms with Gasteiger partial charge in [-0.1, -0.05) is 13.0 Å². The van der Waals surface area contributed by atoms with Gasteiger partial charge in [0.05, 0.1) is 5.25 Å². The lowest BCUT2D eigenvalue weighted by molar-refractivity contribution is 0.478. The number of hydrogen-bond donors (Lipinski definition) is 1. The lowest BCUT2D eigenvalue weighted by Gasteiger charge is -2.24. The predicted octanol–water partition coefficient (Wildman–Crippen LogP) is 1.73. The molecule has 0 radical (unpaired) electrons. The molecule has 108 valence electrons. The van der Waals surface area contributed by atoms with Gasteiger partial charge in [-0.05, 0) is 38.4 Å². The van der Waals surface area contributed by atoms with Crippen molar-refractivity contribution in [3.8, 4) is 0 Å². The third-order valence-corrected chi connectivity index (χ3v) is 5.11. The minimum absolute atomic E-state index is 0.0939. The molecule has 0 fully saturated rings. The van der Waals surface area contributed by atoms with Crippen LogP contribution >= 0.6 is 0 Å². The van der Waals surface area contributed by atoms with Crippen LogP contribution in [0.2, 0.25) is 0 Å². The Labute approximate surface area is 116 Å². The third-order valence-electron chi connectivity index (χ3n) is 3.43. The van der Waals surface area contributed by atoms with Crippen molar-refractivity contribution in [2.45, 2.75) is 44.9 Å². The van der Waals surface area contributed by atoms with Gasteiger partial charge in [0.25, 0.3) is 0 Å². The molecule has 1 heterocycles. The zero-order valence-electron chi connectivity index (χ0n) is 12.2. The molecule has 0 spiro atoms. The van der Waals surface area contributed by atoms with Crippen LogP contribution in [0.4, 0.5) is 0 Å². The number of pyridine rings is 1. The van der Waals surface area contributed by atoms with E-state index in [2.05, 4.69) is 17.2 Å². The summed E-state index contributed by atoms with van der Waals surface area (Å²) in [4.78, 5) is 4.36. The Hall–Kier alpha value is -0.940. The topological polar surface area (TPSA) is 59.1 Å². The Morgan fingerprint density at radius 2 is 2.11 bits per heavy atom. The number of nitrogens with one attached hydrogen (secondary N) is 1. The van der Waals surface area contributed by atoms with Gasteiger partial charge in [0.1, 0.15) is 0 Å². The number of aromatic nitrogens is 1. The summed E-state index contributed by atoms with van der Waals surface area (Å²) in [6, 6.07) is 3.81. The molecule has 5 heteroatoms. The van der Waals surface area contributed by atoms with Gasteiger partial charge in [-0.15, -0.1) is 0 Å². The first-order valence-electron chi connectivity index (χ1n) is 6.69. The van der Waals surface area contributed by atoms with Crippen LogP contribution in [0.3, 0.4) is 0 Å². The molecule has 2 atom stereocenters. The maximum atomic E-state index is 11.8. The van der Waals surface area contributed by atoms with Gasteiger partial charge in [0.2, 0.25) is 0 Å². The summed E-state index contributed by atoms with van der Waals surface area (Å²) in [5.74, 6) is 0. The fraction of sp³-hybridized carbons (Fsp3) is 0.643.